The quantitative estimate of drug-likeness (QED) is 0.580. The van der Waals surface area contributed by atoms with Gasteiger partial charge in [0.05, 0.1) is 12.1 Å². The largest absolute Gasteiger partial charge is 0.480 e. The van der Waals surface area contributed by atoms with Crippen LogP contribution >= 0.6 is 11.8 Å². The highest BCUT2D eigenvalue weighted by molar-refractivity contribution is 7.98. The number of anilines is 1. The standard InChI is InChI=1S/C12H15N3O4S/c1-20-9-5-3-2-4-7(9)14-12(19)15-8(11(17)18)6-10(13)16/h2-5,8H,6H2,1H3,(H2,13,16)(H,17,18)(H2,14,15,19)/t8-/m1/s1. The zero-order valence-electron chi connectivity index (χ0n) is 10.8. The first-order chi connectivity index (χ1) is 9.43. The lowest BCUT2D eigenvalue weighted by Crippen LogP contribution is -2.45. The predicted octanol–water partition coefficient (Wildman–Crippen LogP) is 0.859. The maximum absolute atomic E-state index is 11.7. The van der Waals surface area contributed by atoms with Crippen molar-refractivity contribution in [3.63, 3.8) is 0 Å². The van der Waals surface area contributed by atoms with E-state index in [4.69, 9.17) is 10.8 Å². The summed E-state index contributed by atoms with van der Waals surface area (Å²) in [5.41, 5.74) is 5.48. The first-order valence-electron chi connectivity index (χ1n) is 5.65. The molecule has 0 aliphatic rings. The summed E-state index contributed by atoms with van der Waals surface area (Å²) in [5, 5.41) is 13.6. The monoisotopic (exact) mass is 297 g/mol. The number of carboxylic acids is 1. The van der Waals surface area contributed by atoms with Gasteiger partial charge in [-0.3, -0.25) is 4.79 Å². The minimum absolute atomic E-state index is 0.465. The Morgan fingerprint density at radius 3 is 2.55 bits per heavy atom. The first kappa shape index (κ1) is 15.8. The summed E-state index contributed by atoms with van der Waals surface area (Å²) < 4.78 is 0. The number of aliphatic carboxylic acids is 1. The van der Waals surface area contributed by atoms with E-state index in [1.54, 1.807) is 12.1 Å². The molecule has 0 aliphatic carbocycles. The van der Waals surface area contributed by atoms with E-state index in [0.29, 0.717) is 5.69 Å². The highest BCUT2D eigenvalue weighted by Crippen LogP contribution is 2.24. The molecule has 0 heterocycles. The van der Waals surface area contributed by atoms with Gasteiger partial charge in [0, 0.05) is 4.90 Å². The first-order valence-corrected chi connectivity index (χ1v) is 6.88. The number of carbonyl (C=O) groups is 3. The SMILES string of the molecule is CSc1ccccc1NC(=O)N[C@H](CC(N)=O)C(=O)O. The molecule has 0 saturated carbocycles. The Balaban J connectivity index is 2.70. The van der Waals surface area contributed by atoms with Crippen molar-refractivity contribution in [3.05, 3.63) is 24.3 Å². The summed E-state index contributed by atoms with van der Waals surface area (Å²) in [6, 6.07) is 5.01. The van der Waals surface area contributed by atoms with Crippen LogP contribution in [0, 0.1) is 0 Å². The second kappa shape index (κ2) is 7.39. The van der Waals surface area contributed by atoms with Gasteiger partial charge in [-0.15, -0.1) is 11.8 Å². The lowest BCUT2D eigenvalue weighted by Gasteiger charge is -2.14. The number of nitrogens with one attached hydrogen (secondary N) is 2. The van der Waals surface area contributed by atoms with E-state index in [2.05, 4.69) is 10.6 Å². The van der Waals surface area contributed by atoms with Gasteiger partial charge in [0.2, 0.25) is 5.91 Å². The zero-order valence-corrected chi connectivity index (χ0v) is 11.6. The van der Waals surface area contributed by atoms with Crippen LogP contribution in [0.1, 0.15) is 6.42 Å². The summed E-state index contributed by atoms with van der Waals surface area (Å²) in [6.45, 7) is 0. The molecule has 0 unspecified atom stereocenters. The van der Waals surface area contributed by atoms with E-state index in [1.807, 2.05) is 18.4 Å². The molecule has 7 nitrogen and oxygen atoms in total. The van der Waals surface area contributed by atoms with Gasteiger partial charge in [-0.2, -0.15) is 0 Å². The van der Waals surface area contributed by atoms with Crippen LogP contribution in [0.5, 0.6) is 0 Å². The molecule has 8 heteroatoms. The summed E-state index contributed by atoms with van der Waals surface area (Å²) >= 11 is 1.44. The van der Waals surface area contributed by atoms with E-state index in [1.165, 1.54) is 11.8 Å². The number of para-hydroxylation sites is 1. The third-order valence-corrected chi connectivity index (χ3v) is 3.16. The Morgan fingerprint density at radius 1 is 1.35 bits per heavy atom. The van der Waals surface area contributed by atoms with Gasteiger partial charge in [0.25, 0.3) is 0 Å². The Hall–Kier alpha value is -2.22. The van der Waals surface area contributed by atoms with Crippen molar-refractivity contribution >= 4 is 35.4 Å². The number of thioether (sulfide) groups is 1. The fraction of sp³-hybridized carbons (Fsp3) is 0.250. The van der Waals surface area contributed by atoms with Crippen LogP contribution in [0.3, 0.4) is 0 Å². The summed E-state index contributed by atoms with van der Waals surface area (Å²) in [7, 11) is 0. The van der Waals surface area contributed by atoms with Crippen molar-refractivity contribution in [3.8, 4) is 0 Å². The summed E-state index contributed by atoms with van der Waals surface area (Å²) in [6.07, 6.45) is 1.39. The highest BCUT2D eigenvalue weighted by atomic mass is 32.2. The van der Waals surface area contributed by atoms with Crippen molar-refractivity contribution in [1.29, 1.82) is 0 Å². The predicted molar refractivity (Wildman–Crippen MR) is 75.6 cm³/mol. The molecule has 0 spiro atoms. The van der Waals surface area contributed by atoms with Gasteiger partial charge in [0.15, 0.2) is 0 Å². The molecular weight excluding hydrogens is 282 g/mol. The average Bonchev–Trinajstić information content (AvgIpc) is 2.37. The Labute approximate surface area is 119 Å². The van der Waals surface area contributed by atoms with Crippen LogP contribution in [0.25, 0.3) is 0 Å². The van der Waals surface area contributed by atoms with E-state index >= 15 is 0 Å². The zero-order chi connectivity index (χ0) is 15.1. The van der Waals surface area contributed by atoms with E-state index in [0.717, 1.165) is 4.90 Å². The maximum atomic E-state index is 11.7. The van der Waals surface area contributed by atoms with E-state index in [-0.39, 0.29) is 0 Å². The fourth-order valence-corrected chi connectivity index (χ4v) is 2.02. The van der Waals surface area contributed by atoms with Crippen LogP contribution in [0.15, 0.2) is 29.2 Å². The van der Waals surface area contributed by atoms with Gasteiger partial charge in [-0.25, -0.2) is 9.59 Å². The number of hydrogen-bond donors (Lipinski definition) is 4. The molecule has 0 fully saturated rings. The number of hydrogen-bond acceptors (Lipinski definition) is 4. The number of nitrogens with two attached hydrogens (primary N) is 1. The molecule has 1 aromatic rings. The molecule has 1 aromatic carbocycles. The lowest BCUT2D eigenvalue weighted by atomic mass is 10.2. The van der Waals surface area contributed by atoms with Crippen molar-refractivity contribution < 1.29 is 19.5 Å². The maximum Gasteiger partial charge on any atom is 0.326 e. The molecule has 0 aliphatic heterocycles. The molecular formula is C12H15N3O4S. The minimum Gasteiger partial charge on any atom is -0.480 e. The summed E-state index contributed by atoms with van der Waals surface area (Å²) in [5.74, 6) is -2.13. The molecule has 108 valence electrons. The molecule has 5 N–H and O–H groups in total. The molecule has 0 radical (unpaired) electrons. The van der Waals surface area contributed by atoms with Gasteiger partial charge in [-0.1, -0.05) is 12.1 Å². The number of rotatable bonds is 6. The van der Waals surface area contributed by atoms with Crippen LogP contribution in [-0.4, -0.2) is 35.3 Å². The molecule has 0 saturated heterocycles. The van der Waals surface area contributed by atoms with Crippen LogP contribution in [0.2, 0.25) is 0 Å². The van der Waals surface area contributed by atoms with Crippen LogP contribution in [0.4, 0.5) is 10.5 Å². The number of primary amides is 1. The van der Waals surface area contributed by atoms with E-state index in [9.17, 15) is 14.4 Å². The summed E-state index contributed by atoms with van der Waals surface area (Å²) in [4.78, 5) is 34.2. The molecule has 0 bridgehead atoms. The second-order valence-corrected chi connectivity index (χ2v) is 4.71. The number of amides is 3. The van der Waals surface area contributed by atoms with Gasteiger partial charge in [-0.05, 0) is 18.4 Å². The van der Waals surface area contributed by atoms with Gasteiger partial charge < -0.3 is 21.5 Å². The van der Waals surface area contributed by atoms with Crippen molar-refractivity contribution in [2.75, 3.05) is 11.6 Å². The highest BCUT2D eigenvalue weighted by Gasteiger charge is 2.22. The number of urea groups is 1. The number of carbonyl (C=O) groups excluding carboxylic acids is 2. The molecule has 0 aromatic heterocycles. The molecule has 1 rings (SSSR count). The molecule has 20 heavy (non-hydrogen) atoms. The number of carboxylic acid groups (broad SMARTS) is 1. The second-order valence-electron chi connectivity index (χ2n) is 3.86. The van der Waals surface area contributed by atoms with E-state index < -0.39 is 30.4 Å². The minimum atomic E-state index is -1.35. The van der Waals surface area contributed by atoms with Gasteiger partial charge in [0.1, 0.15) is 6.04 Å². The Kier molecular flexibility index (Phi) is 5.85. The fourth-order valence-electron chi connectivity index (χ4n) is 1.47. The topological polar surface area (TPSA) is 122 Å². The van der Waals surface area contributed by atoms with Crippen LogP contribution < -0.4 is 16.4 Å². The smallest absolute Gasteiger partial charge is 0.326 e. The van der Waals surface area contributed by atoms with Gasteiger partial charge >= 0.3 is 12.0 Å². The Morgan fingerprint density at radius 2 is 2.00 bits per heavy atom. The van der Waals surface area contributed by atoms with Crippen molar-refractivity contribution in [2.24, 2.45) is 5.73 Å². The Bertz CT molecular complexity index is 521. The lowest BCUT2D eigenvalue weighted by molar-refractivity contribution is -0.140. The third kappa shape index (κ3) is 4.81. The van der Waals surface area contributed by atoms with Crippen LogP contribution in [-0.2, 0) is 9.59 Å². The van der Waals surface area contributed by atoms with Crippen molar-refractivity contribution in [1.82, 2.24) is 5.32 Å². The molecule has 3 amide bonds. The third-order valence-electron chi connectivity index (χ3n) is 2.36. The van der Waals surface area contributed by atoms with Crippen molar-refractivity contribution in [2.45, 2.75) is 17.4 Å². The normalized spacial score (nSPS) is 11.4. The number of benzene rings is 1. The average molecular weight is 297 g/mol. The molecule has 1 atom stereocenters.